The van der Waals surface area contributed by atoms with E-state index in [4.69, 9.17) is 16.3 Å². The van der Waals surface area contributed by atoms with Gasteiger partial charge in [0.1, 0.15) is 0 Å². The highest BCUT2D eigenvalue weighted by atomic mass is 35.5. The molecule has 0 unspecified atom stereocenters. The number of aromatic nitrogens is 2. The summed E-state index contributed by atoms with van der Waals surface area (Å²) in [6.45, 7) is 1.65. The number of nitrogens with zero attached hydrogens (tertiary/aromatic N) is 1. The van der Waals surface area contributed by atoms with Crippen molar-refractivity contribution in [2.75, 3.05) is 0 Å². The number of nitrogens with one attached hydrogen (secondary N) is 1. The molecule has 23 heavy (non-hydrogen) atoms. The minimum atomic E-state index is -0.696. The number of carbonyl (C=O) groups is 1. The molecule has 0 aliphatic carbocycles. The van der Waals surface area contributed by atoms with Crippen molar-refractivity contribution in [2.45, 2.75) is 13.0 Å². The van der Waals surface area contributed by atoms with Crippen molar-refractivity contribution in [3.05, 3.63) is 75.3 Å². The molecule has 1 atom stereocenters. The van der Waals surface area contributed by atoms with Crippen LogP contribution in [0.3, 0.4) is 0 Å². The number of hydrogen-bond acceptors (Lipinski definition) is 4. The van der Waals surface area contributed by atoms with Crippen LogP contribution in [0.1, 0.15) is 29.2 Å². The first-order chi connectivity index (χ1) is 11.0. The summed E-state index contributed by atoms with van der Waals surface area (Å²) in [5.41, 5.74) is 0.626. The zero-order valence-corrected chi connectivity index (χ0v) is 13.0. The summed E-state index contributed by atoms with van der Waals surface area (Å²) in [6.07, 6.45) is -0.696. The number of aromatic amines is 1. The van der Waals surface area contributed by atoms with Gasteiger partial charge in [0.05, 0.1) is 16.5 Å². The third-order valence-electron chi connectivity index (χ3n) is 3.36. The first kappa shape index (κ1) is 15.2. The second kappa shape index (κ2) is 6.22. The maximum absolute atomic E-state index is 12.1. The van der Waals surface area contributed by atoms with Gasteiger partial charge in [-0.2, -0.15) is 0 Å². The molecule has 2 aromatic carbocycles. The number of esters is 1. The van der Waals surface area contributed by atoms with Crippen LogP contribution in [-0.2, 0) is 4.74 Å². The fraction of sp³-hybridized carbons (Fsp3) is 0.118. The SMILES string of the molecule is C[C@@H](OC(=O)c1cccc(Cl)c1)c1nc2ccccc2c(=O)[nH]1. The fourth-order valence-electron chi connectivity index (χ4n) is 2.20. The number of carbonyl (C=O) groups excluding carboxylic acids is 1. The second-order valence-electron chi connectivity index (χ2n) is 5.03. The van der Waals surface area contributed by atoms with Gasteiger partial charge in [-0.15, -0.1) is 0 Å². The van der Waals surface area contributed by atoms with E-state index < -0.39 is 12.1 Å². The largest absolute Gasteiger partial charge is 0.451 e. The van der Waals surface area contributed by atoms with Crippen LogP contribution in [-0.4, -0.2) is 15.9 Å². The molecule has 0 aliphatic heterocycles. The zero-order valence-electron chi connectivity index (χ0n) is 12.2. The molecule has 6 heteroatoms. The van der Waals surface area contributed by atoms with Crippen molar-refractivity contribution in [2.24, 2.45) is 0 Å². The highest BCUT2D eigenvalue weighted by molar-refractivity contribution is 6.30. The van der Waals surface area contributed by atoms with Crippen molar-refractivity contribution in [1.29, 1.82) is 0 Å². The number of benzene rings is 2. The number of para-hydroxylation sites is 1. The van der Waals surface area contributed by atoms with Gasteiger partial charge >= 0.3 is 5.97 Å². The molecular weight excluding hydrogens is 316 g/mol. The molecule has 0 fully saturated rings. The number of halogens is 1. The first-order valence-electron chi connectivity index (χ1n) is 7.00. The smallest absolute Gasteiger partial charge is 0.338 e. The standard InChI is InChI=1S/C17H13ClN2O3/c1-10(23-17(22)11-5-4-6-12(18)9-11)15-19-14-8-3-2-7-13(14)16(21)20-15/h2-10H,1H3,(H,19,20,21)/t10-/m1/s1. The number of H-pyrrole nitrogens is 1. The first-order valence-corrected chi connectivity index (χ1v) is 7.38. The number of ether oxygens (including phenoxy) is 1. The van der Waals surface area contributed by atoms with Crippen molar-refractivity contribution in [3.8, 4) is 0 Å². The molecule has 0 bridgehead atoms. The van der Waals surface area contributed by atoms with Gasteiger partial charge in [0.2, 0.25) is 0 Å². The van der Waals surface area contributed by atoms with E-state index >= 15 is 0 Å². The molecule has 1 aromatic heterocycles. The summed E-state index contributed by atoms with van der Waals surface area (Å²) in [4.78, 5) is 31.2. The highest BCUT2D eigenvalue weighted by Gasteiger charge is 2.17. The van der Waals surface area contributed by atoms with Crippen LogP contribution in [0.4, 0.5) is 0 Å². The minimum Gasteiger partial charge on any atom is -0.451 e. The van der Waals surface area contributed by atoms with Crippen LogP contribution >= 0.6 is 11.6 Å². The average Bonchev–Trinajstić information content (AvgIpc) is 2.54. The number of fused-ring (bicyclic) bond motifs is 1. The van der Waals surface area contributed by atoms with Gasteiger partial charge in [-0.1, -0.05) is 29.8 Å². The predicted molar refractivity (Wildman–Crippen MR) is 87.6 cm³/mol. The van der Waals surface area contributed by atoms with Gasteiger partial charge < -0.3 is 9.72 Å². The van der Waals surface area contributed by atoms with Gasteiger partial charge in [-0.05, 0) is 37.3 Å². The predicted octanol–water partition coefficient (Wildman–Crippen LogP) is 3.49. The Morgan fingerprint density at radius 2 is 2.00 bits per heavy atom. The van der Waals surface area contributed by atoms with Crippen LogP contribution in [0.5, 0.6) is 0 Å². The number of hydrogen-bond donors (Lipinski definition) is 1. The van der Waals surface area contributed by atoms with Crippen LogP contribution < -0.4 is 5.56 Å². The van der Waals surface area contributed by atoms with Gasteiger partial charge in [0, 0.05) is 5.02 Å². The van der Waals surface area contributed by atoms with E-state index in [1.165, 1.54) is 6.07 Å². The van der Waals surface area contributed by atoms with Gasteiger partial charge in [0.25, 0.3) is 5.56 Å². The Kier molecular flexibility index (Phi) is 4.12. The summed E-state index contributed by atoms with van der Waals surface area (Å²) in [6, 6.07) is 13.4. The average molecular weight is 329 g/mol. The lowest BCUT2D eigenvalue weighted by Crippen LogP contribution is -2.17. The minimum absolute atomic E-state index is 0.267. The third kappa shape index (κ3) is 3.24. The molecule has 3 rings (SSSR count). The number of rotatable bonds is 3. The van der Waals surface area contributed by atoms with E-state index in [1.807, 2.05) is 0 Å². The Morgan fingerprint density at radius 3 is 2.78 bits per heavy atom. The van der Waals surface area contributed by atoms with E-state index in [9.17, 15) is 9.59 Å². The van der Waals surface area contributed by atoms with Crippen LogP contribution in [0.2, 0.25) is 5.02 Å². The molecule has 1 heterocycles. The molecule has 3 aromatic rings. The molecule has 0 saturated heterocycles. The van der Waals surface area contributed by atoms with Crippen molar-refractivity contribution < 1.29 is 9.53 Å². The Bertz CT molecular complexity index is 936. The summed E-state index contributed by atoms with van der Waals surface area (Å²) >= 11 is 5.86. The molecule has 0 amide bonds. The van der Waals surface area contributed by atoms with Crippen molar-refractivity contribution >= 4 is 28.5 Å². The van der Waals surface area contributed by atoms with E-state index in [0.717, 1.165) is 0 Å². The quantitative estimate of drug-likeness (QED) is 0.747. The maximum atomic E-state index is 12.1. The molecule has 116 valence electrons. The Labute approximate surface area is 136 Å². The van der Waals surface area contributed by atoms with Gasteiger partial charge in [-0.25, -0.2) is 9.78 Å². The normalized spacial score (nSPS) is 12.1. The lowest BCUT2D eigenvalue weighted by Gasteiger charge is -2.13. The maximum Gasteiger partial charge on any atom is 0.338 e. The van der Waals surface area contributed by atoms with Gasteiger partial charge in [-0.3, -0.25) is 4.79 Å². The third-order valence-corrected chi connectivity index (χ3v) is 3.60. The Morgan fingerprint density at radius 1 is 1.22 bits per heavy atom. The molecule has 0 radical (unpaired) electrons. The van der Waals surface area contributed by atoms with Crippen molar-refractivity contribution in [3.63, 3.8) is 0 Å². The molecular formula is C17H13ClN2O3. The Hall–Kier alpha value is -2.66. The summed E-state index contributed by atoms with van der Waals surface area (Å²) in [5, 5.41) is 0.939. The second-order valence-corrected chi connectivity index (χ2v) is 5.46. The zero-order chi connectivity index (χ0) is 16.4. The van der Waals surface area contributed by atoms with Crippen LogP contribution in [0.15, 0.2) is 53.3 Å². The lowest BCUT2D eigenvalue weighted by atomic mass is 10.2. The van der Waals surface area contributed by atoms with Crippen LogP contribution in [0, 0.1) is 0 Å². The molecule has 0 saturated carbocycles. The van der Waals surface area contributed by atoms with E-state index in [-0.39, 0.29) is 5.56 Å². The van der Waals surface area contributed by atoms with E-state index in [0.29, 0.717) is 27.3 Å². The van der Waals surface area contributed by atoms with Crippen LogP contribution in [0.25, 0.3) is 10.9 Å². The molecule has 0 aliphatic rings. The van der Waals surface area contributed by atoms with Gasteiger partial charge in [0.15, 0.2) is 11.9 Å². The summed E-state index contributed by atoms with van der Waals surface area (Å²) in [5.74, 6) is -0.236. The topological polar surface area (TPSA) is 72.0 Å². The van der Waals surface area contributed by atoms with E-state index in [2.05, 4.69) is 9.97 Å². The highest BCUT2D eigenvalue weighted by Crippen LogP contribution is 2.18. The summed E-state index contributed by atoms with van der Waals surface area (Å²) in [7, 11) is 0. The monoisotopic (exact) mass is 328 g/mol. The lowest BCUT2D eigenvalue weighted by molar-refractivity contribution is 0.0320. The Balaban J connectivity index is 1.87. The fourth-order valence-corrected chi connectivity index (χ4v) is 2.39. The summed E-state index contributed by atoms with van der Waals surface area (Å²) < 4.78 is 5.35. The van der Waals surface area contributed by atoms with Crippen molar-refractivity contribution in [1.82, 2.24) is 9.97 Å². The van der Waals surface area contributed by atoms with E-state index in [1.54, 1.807) is 49.4 Å². The molecule has 1 N–H and O–H groups in total. The molecule has 5 nitrogen and oxygen atoms in total. The molecule has 0 spiro atoms.